The number of aromatic nitrogens is 1. The molecule has 1 atom stereocenters. The average Bonchev–Trinajstić information content (AvgIpc) is 3.70. The fourth-order valence-electron chi connectivity index (χ4n) is 5.36. The number of rotatable bonds is 12. The first-order valence-corrected chi connectivity index (χ1v) is 15.5. The van der Waals surface area contributed by atoms with Gasteiger partial charge in [0, 0.05) is 21.4 Å². The summed E-state index contributed by atoms with van der Waals surface area (Å²) in [7, 11) is 0. The number of pyridine rings is 1. The molecule has 0 saturated heterocycles. The van der Waals surface area contributed by atoms with Crippen molar-refractivity contribution in [3.05, 3.63) is 112 Å². The number of hydrogen-bond acceptors (Lipinski definition) is 4. The van der Waals surface area contributed by atoms with Gasteiger partial charge in [0.05, 0.1) is 23.2 Å². The summed E-state index contributed by atoms with van der Waals surface area (Å²) in [4.78, 5) is 16.2. The van der Waals surface area contributed by atoms with E-state index in [0.717, 1.165) is 64.7 Å². The third-order valence-electron chi connectivity index (χ3n) is 7.83. The maximum Gasteiger partial charge on any atom is 1.00 e. The van der Waals surface area contributed by atoms with E-state index in [1.807, 2.05) is 74.1 Å². The Kier molecular flexibility index (Phi) is 11.0. The van der Waals surface area contributed by atoms with Crippen LogP contribution in [0.2, 0.25) is 5.02 Å². The molecule has 4 aromatic rings. The van der Waals surface area contributed by atoms with Gasteiger partial charge in [-0.05, 0) is 91.5 Å². The molecule has 3 aromatic carbocycles. The Hall–Kier alpha value is -2.12. The molecule has 5 rings (SSSR count). The van der Waals surface area contributed by atoms with Crippen molar-refractivity contribution in [2.45, 2.75) is 56.8 Å². The number of aliphatic carboxylic acids is 1. The number of aryl methyl sites for hydroxylation is 1. The predicted molar refractivity (Wildman–Crippen MR) is 172 cm³/mol. The van der Waals surface area contributed by atoms with Crippen LogP contribution in [0.25, 0.3) is 23.1 Å². The van der Waals surface area contributed by atoms with Gasteiger partial charge in [0.15, 0.2) is 0 Å². The van der Waals surface area contributed by atoms with Crippen molar-refractivity contribution in [3.8, 4) is 0 Å². The first-order chi connectivity index (χ1) is 19.6. The summed E-state index contributed by atoms with van der Waals surface area (Å²) in [6.45, 7) is 3.66. The van der Waals surface area contributed by atoms with Crippen LogP contribution in [0.3, 0.4) is 0 Å². The van der Waals surface area contributed by atoms with E-state index in [1.54, 1.807) is 0 Å². The molecule has 1 unspecified atom stereocenters. The molecular formula is C35H37ClNNaO3S. The minimum atomic E-state index is -0.911. The largest absolute Gasteiger partial charge is 1.00 e. The quantitative estimate of drug-likeness (QED) is 0.191. The molecule has 0 radical (unpaired) electrons. The molecule has 1 aromatic heterocycles. The SMILES string of the molecule is CC(C)(O)c1ccccc1CCC(SCC1(CC(=O)O)CC1)c1cccc(/C=C/c2ccc3ccc(Cl)cc3n2)c1.[H-].[Na+]. The van der Waals surface area contributed by atoms with E-state index in [4.69, 9.17) is 16.6 Å². The van der Waals surface area contributed by atoms with Gasteiger partial charge in [0.2, 0.25) is 0 Å². The van der Waals surface area contributed by atoms with Gasteiger partial charge < -0.3 is 11.6 Å². The second kappa shape index (κ2) is 14.1. The van der Waals surface area contributed by atoms with Crippen LogP contribution in [0.5, 0.6) is 0 Å². The van der Waals surface area contributed by atoms with Gasteiger partial charge in [-0.1, -0.05) is 78.3 Å². The summed E-state index contributed by atoms with van der Waals surface area (Å²) in [5.74, 6) is 0.122. The average molecular weight is 610 g/mol. The van der Waals surface area contributed by atoms with Crippen LogP contribution in [-0.2, 0) is 16.8 Å². The summed E-state index contributed by atoms with van der Waals surface area (Å²) in [6, 6.07) is 26.5. The number of nitrogens with zero attached hydrogens (tertiary/aromatic N) is 1. The zero-order valence-electron chi connectivity index (χ0n) is 25.5. The standard InChI is InChI=1S/C35H36ClNO3S.Na.H/c1-34(2,40)30-9-4-3-7-25(30)13-17-32(41-23-35(18-19-35)22-33(38)39)27-8-5-6-24(20-27)10-15-29-16-12-26-11-14-28(36)21-31(26)37-29;;/h3-12,14-16,20-21,32,40H,13,17-19,22-23H2,1-2H3,(H,38,39);;/q;+1;-1/b15-10+;;. The number of aliphatic hydroxyl groups is 1. The molecule has 7 heteroatoms. The molecule has 1 saturated carbocycles. The Labute approximate surface area is 281 Å². The van der Waals surface area contributed by atoms with Crippen LogP contribution in [0.1, 0.15) is 74.2 Å². The number of fused-ring (bicyclic) bond motifs is 1. The van der Waals surface area contributed by atoms with Gasteiger partial charge in [-0.2, -0.15) is 11.8 Å². The normalized spacial score (nSPS) is 15.0. The number of carbonyl (C=O) groups is 1. The van der Waals surface area contributed by atoms with E-state index in [1.165, 1.54) is 5.56 Å². The number of halogens is 1. The Bertz CT molecular complexity index is 1590. The van der Waals surface area contributed by atoms with Gasteiger partial charge in [0.1, 0.15) is 0 Å². The molecule has 4 nitrogen and oxygen atoms in total. The summed E-state index contributed by atoms with van der Waals surface area (Å²) in [5.41, 5.74) is 5.15. The minimum absolute atomic E-state index is 0. The maximum absolute atomic E-state index is 11.5. The number of carboxylic acid groups (broad SMARTS) is 1. The summed E-state index contributed by atoms with van der Waals surface area (Å²) < 4.78 is 0. The van der Waals surface area contributed by atoms with Gasteiger partial charge >= 0.3 is 35.5 Å². The molecule has 0 bridgehead atoms. The minimum Gasteiger partial charge on any atom is -1.00 e. The topological polar surface area (TPSA) is 70.4 Å². The van der Waals surface area contributed by atoms with E-state index < -0.39 is 11.6 Å². The fourth-order valence-corrected chi connectivity index (χ4v) is 7.09. The van der Waals surface area contributed by atoms with Gasteiger partial charge in [0.25, 0.3) is 0 Å². The molecule has 214 valence electrons. The van der Waals surface area contributed by atoms with Crippen LogP contribution < -0.4 is 29.6 Å². The summed E-state index contributed by atoms with van der Waals surface area (Å²) in [5, 5.41) is 22.1. The monoisotopic (exact) mass is 609 g/mol. The van der Waals surface area contributed by atoms with Crippen molar-refractivity contribution < 1.29 is 46.0 Å². The van der Waals surface area contributed by atoms with Crippen LogP contribution >= 0.6 is 23.4 Å². The molecule has 1 aliphatic rings. The van der Waals surface area contributed by atoms with Crippen molar-refractivity contribution in [1.82, 2.24) is 4.98 Å². The Morgan fingerprint density at radius 3 is 2.57 bits per heavy atom. The Balaban J connectivity index is 0.00000253. The number of hydrogen-bond donors (Lipinski definition) is 2. The molecule has 42 heavy (non-hydrogen) atoms. The van der Waals surface area contributed by atoms with E-state index in [-0.39, 0.29) is 48.1 Å². The van der Waals surface area contributed by atoms with Crippen LogP contribution in [0.15, 0.2) is 78.9 Å². The molecule has 0 spiro atoms. The van der Waals surface area contributed by atoms with Crippen molar-refractivity contribution in [2.75, 3.05) is 5.75 Å². The summed E-state index contributed by atoms with van der Waals surface area (Å²) >= 11 is 8.04. The Morgan fingerprint density at radius 2 is 1.83 bits per heavy atom. The number of thioether (sulfide) groups is 1. The van der Waals surface area contributed by atoms with Crippen LogP contribution in [-0.4, -0.2) is 26.9 Å². The van der Waals surface area contributed by atoms with Crippen molar-refractivity contribution in [2.24, 2.45) is 5.41 Å². The second-order valence-electron chi connectivity index (χ2n) is 11.7. The molecule has 0 amide bonds. The predicted octanol–water partition coefficient (Wildman–Crippen LogP) is 6.06. The molecule has 0 aliphatic heterocycles. The number of benzene rings is 3. The first-order valence-electron chi connectivity index (χ1n) is 14.1. The van der Waals surface area contributed by atoms with Crippen LogP contribution in [0.4, 0.5) is 0 Å². The van der Waals surface area contributed by atoms with E-state index in [9.17, 15) is 15.0 Å². The second-order valence-corrected chi connectivity index (χ2v) is 13.3. The zero-order valence-corrected chi connectivity index (χ0v) is 28.1. The third-order valence-corrected chi connectivity index (χ3v) is 9.76. The maximum atomic E-state index is 11.5. The van der Waals surface area contributed by atoms with Gasteiger partial charge in [-0.3, -0.25) is 4.79 Å². The molecule has 1 aliphatic carbocycles. The number of carboxylic acids is 1. The van der Waals surface area contributed by atoms with Crippen molar-refractivity contribution in [3.63, 3.8) is 0 Å². The zero-order chi connectivity index (χ0) is 29.0. The Morgan fingerprint density at radius 1 is 1.07 bits per heavy atom. The van der Waals surface area contributed by atoms with Crippen molar-refractivity contribution >= 4 is 52.4 Å². The van der Waals surface area contributed by atoms with E-state index >= 15 is 0 Å². The molecule has 1 fully saturated rings. The van der Waals surface area contributed by atoms with Gasteiger partial charge in [-0.15, -0.1) is 0 Å². The summed E-state index contributed by atoms with van der Waals surface area (Å²) in [6.07, 6.45) is 8.02. The smallest absolute Gasteiger partial charge is 1.00 e. The molecular weight excluding hydrogens is 573 g/mol. The third kappa shape index (κ3) is 8.72. The van der Waals surface area contributed by atoms with Crippen LogP contribution in [0, 0.1) is 5.41 Å². The fraction of sp³-hybridized carbons (Fsp3) is 0.314. The van der Waals surface area contributed by atoms with E-state index in [2.05, 4.69) is 42.5 Å². The van der Waals surface area contributed by atoms with Gasteiger partial charge in [-0.25, -0.2) is 4.98 Å². The first kappa shape index (κ1) is 32.8. The molecule has 2 N–H and O–H groups in total. The molecule has 1 heterocycles. The van der Waals surface area contributed by atoms with E-state index in [0.29, 0.717) is 5.02 Å². The van der Waals surface area contributed by atoms with Crippen molar-refractivity contribution in [1.29, 1.82) is 0 Å².